The Morgan fingerprint density at radius 2 is 1.10 bits per heavy atom. The van der Waals surface area contributed by atoms with Gasteiger partial charge in [-0.15, -0.1) is 23.2 Å². The molecule has 0 aliphatic heterocycles. The first-order valence-corrected chi connectivity index (χ1v) is 12.8. The molecule has 2 atom stereocenters. The standard InChI is InChI=1S/C22H26N2O4.2C2H4O2.CH2Cl2.2Zn/c1-27-19-11-5-7-15(21(19)25)13-23-17-9-3-4-10-18(17)24-14-16-8-6-12-20(28-2)22(16)26;2*1-2(3)4;2-1-3;;/h5-8,11-14,17-18,25-26H,3-4,9-10H2,1-2H3;2*1H3,(H,3,4);1H2;;/q;;;;2*+2/p-4/t17-,18-;;;;;/m1...../s1. The molecule has 0 bridgehead atoms. The second kappa shape index (κ2) is 25.5. The zero-order valence-corrected chi connectivity index (χ0v) is 31.1. The van der Waals surface area contributed by atoms with Crippen molar-refractivity contribution in [1.29, 1.82) is 0 Å². The number of rotatable bonds is 6. The molecule has 1 saturated carbocycles. The van der Waals surface area contributed by atoms with Gasteiger partial charge in [-0.25, -0.2) is 0 Å². The Kier molecular flexibility index (Phi) is 26.8. The summed E-state index contributed by atoms with van der Waals surface area (Å²) in [7, 11) is 2.96. The van der Waals surface area contributed by atoms with Gasteiger partial charge in [0, 0.05) is 24.4 Å². The van der Waals surface area contributed by atoms with Crippen LogP contribution in [0, 0.1) is 0 Å². The van der Waals surface area contributed by atoms with Crippen LogP contribution in [0.15, 0.2) is 46.4 Å². The van der Waals surface area contributed by atoms with Gasteiger partial charge in [0.2, 0.25) is 0 Å². The molecule has 41 heavy (non-hydrogen) atoms. The van der Waals surface area contributed by atoms with Crippen LogP contribution in [0.4, 0.5) is 0 Å². The molecule has 1 fully saturated rings. The van der Waals surface area contributed by atoms with Gasteiger partial charge >= 0.3 is 39.0 Å². The maximum absolute atomic E-state index is 12.3. The van der Waals surface area contributed by atoms with E-state index in [1.54, 1.807) is 48.8 Å². The summed E-state index contributed by atoms with van der Waals surface area (Å²) in [5, 5.41) is 42.5. The third-order valence-electron chi connectivity index (χ3n) is 4.96. The normalized spacial score (nSPS) is 15.3. The van der Waals surface area contributed by atoms with Gasteiger partial charge in [-0.05, 0) is 49.9 Å². The second-order valence-corrected chi connectivity index (χ2v) is 8.63. The quantitative estimate of drug-likeness (QED) is 0.247. The number of carboxylic acids is 2. The molecule has 0 saturated heterocycles. The molecule has 216 valence electrons. The summed E-state index contributed by atoms with van der Waals surface area (Å²) < 4.78 is 10.2. The molecule has 10 nitrogen and oxygen atoms in total. The minimum Gasteiger partial charge on any atom is -0.870 e. The number of hydrogen-bond acceptors (Lipinski definition) is 10. The van der Waals surface area contributed by atoms with Crippen molar-refractivity contribution in [3.63, 3.8) is 0 Å². The van der Waals surface area contributed by atoms with E-state index in [1.165, 1.54) is 14.2 Å². The Labute approximate surface area is 276 Å². The number of ether oxygens (including phenoxy) is 2. The Bertz CT molecular complexity index is 1000. The Balaban J connectivity index is -0.000000959. The largest absolute Gasteiger partial charge is 2.00 e. The number of halogens is 2. The molecule has 0 aromatic heterocycles. The number of alkyl halides is 2. The van der Waals surface area contributed by atoms with E-state index in [0.717, 1.165) is 39.5 Å². The number of nitrogens with zero attached hydrogens (tertiary/aromatic N) is 2. The van der Waals surface area contributed by atoms with E-state index >= 15 is 0 Å². The van der Waals surface area contributed by atoms with Crippen molar-refractivity contribution in [3.8, 4) is 23.0 Å². The van der Waals surface area contributed by atoms with Crippen LogP contribution in [0.25, 0.3) is 0 Å². The molecular weight excluding hydrogens is 682 g/mol. The predicted octanol–water partition coefficient (Wildman–Crippen LogP) is 1.63. The number of para-hydroxylation sites is 2. The Morgan fingerprint density at radius 3 is 1.37 bits per heavy atom. The average Bonchev–Trinajstić information content (AvgIpc) is 2.88. The smallest absolute Gasteiger partial charge is 0.870 e. The van der Waals surface area contributed by atoms with Crippen molar-refractivity contribution in [2.75, 3.05) is 19.6 Å². The molecule has 2 aromatic rings. The van der Waals surface area contributed by atoms with Gasteiger partial charge in [-0.1, -0.05) is 48.6 Å². The SMILES string of the molecule is CC(=O)[O-].CC(=O)[O-].COc1cccc(C=N[C@@H]2CCCC[C@H]2N=Cc2cccc(OC)c2[O-])c1[O-].ClCCl.[Zn+2].[Zn+2]. The minimum atomic E-state index is -1.08. The number of carbonyl (C=O) groups excluding carboxylic acids is 2. The third-order valence-corrected chi connectivity index (χ3v) is 4.96. The van der Waals surface area contributed by atoms with Crippen molar-refractivity contribution in [2.45, 2.75) is 51.6 Å². The Hall–Kier alpha value is -2.25. The van der Waals surface area contributed by atoms with Crippen LogP contribution in [0.5, 0.6) is 23.0 Å². The molecule has 0 heterocycles. The van der Waals surface area contributed by atoms with E-state index in [4.69, 9.17) is 52.5 Å². The summed E-state index contributed by atoms with van der Waals surface area (Å²) in [6, 6.07) is 10.3. The molecule has 3 rings (SSSR count). The maximum atomic E-state index is 12.3. The van der Waals surface area contributed by atoms with Crippen molar-refractivity contribution >= 4 is 47.6 Å². The number of aliphatic imine (C=N–C) groups is 2. The van der Waals surface area contributed by atoms with Crippen molar-refractivity contribution < 1.29 is 78.4 Å². The molecule has 1 aliphatic rings. The summed E-state index contributed by atoms with van der Waals surface area (Å²) in [5.41, 5.74) is 1.00. The second-order valence-electron chi connectivity index (χ2n) is 7.82. The average molecular weight is 714 g/mol. The summed E-state index contributed by atoms with van der Waals surface area (Å²) in [6.07, 6.45) is 7.19. The van der Waals surface area contributed by atoms with Crippen LogP contribution in [0.1, 0.15) is 50.7 Å². The molecule has 0 N–H and O–H groups in total. The molecule has 1 aliphatic carbocycles. The van der Waals surface area contributed by atoms with Crippen molar-refractivity contribution in [3.05, 3.63) is 47.5 Å². The first-order chi connectivity index (χ1) is 18.5. The molecular formula is C27H32Cl2N2O8Zn2. The van der Waals surface area contributed by atoms with Crippen LogP contribution in [-0.4, -0.2) is 56.0 Å². The van der Waals surface area contributed by atoms with E-state index in [-0.39, 0.29) is 67.9 Å². The number of methoxy groups -OCH3 is 2. The first kappa shape index (κ1) is 43.2. The van der Waals surface area contributed by atoms with Crippen LogP contribution >= 0.6 is 23.2 Å². The fourth-order valence-corrected chi connectivity index (χ4v) is 3.38. The minimum absolute atomic E-state index is 0. The molecule has 0 spiro atoms. The summed E-state index contributed by atoms with van der Waals surface area (Å²) >= 11 is 9.53. The van der Waals surface area contributed by atoms with Crippen molar-refractivity contribution in [1.82, 2.24) is 0 Å². The molecule has 0 unspecified atom stereocenters. The summed E-state index contributed by atoms with van der Waals surface area (Å²) in [4.78, 5) is 27.1. The van der Waals surface area contributed by atoms with E-state index in [1.807, 2.05) is 0 Å². The summed E-state index contributed by atoms with van der Waals surface area (Å²) in [6.45, 7) is 1.94. The number of hydrogen-bond donors (Lipinski definition) is 0. The van der Waals surface area contributed by atoms with E-state index in [0.29, 0.717) is 22.6 Å². The maximum Gasteiger partial charge on any atom is 2.00 e. The Morgan fingerprint density at radius 1 is 0.805 bits per heavy atom. The number of aliphatic carboxylic acids is 2. The van der Waals surface area contributed by atoms with Gasteiger partial charge in [-0.3, -0.25) is 9.98 Å². The molecule has 2 aromatic carbocycles. The van der Waals surface area contributed by atoms with Crippen molar-refractivity contribution in [2.24, 2.45) is 9.98 Å². The van der Waals surface area contributed by atoms with Crippen LogP contribution < -0.4 is 29.9 Å². The fourth-order valence-electron chi connectivity index (χ4n) is 3.38. The third kappa shape index (κ3) is 18.7. The molecule has 0 radical (unpaired) electrons. The van der Waals surface area contributed by atoms with Gasteiger partial charge in [0.05, 0.1) is 31.6 Å². The van der Waals surface area contributed by atoms with Gasteiger partial charge < -0.3 is 39.5 Å². The van der Waals surface area contributed by atoms with E-state index < -0.39 is 11.9 Å². The van der Waals surface area contributed by atoms with Gasteiger partial charge in [-0.2, -0.15) is 0 Å². The summed E-state index contributed by atoms with van der Waals surface area (Å²) in [5.74, 6) is -1.89. The van der Waals surface area contributed by atoms with Crippen LogP contribution in [-0.2, 0) is 48.5 Å². The monoisotopic (exact) mass is 710 g/mol. The van der Waals surface area contributed by atoms with Crippen LogP contribution in [0.2, 0.25) is 0 Å². The zero-order valence-electron chi connectivity index (χ0n) is 23.6. The number of benzene rings is 2. The van der Waals surface area contributed by atoms with E-state index in [9.17, 15) is 10.2 Å². The number of carbonyl (C=O) groups is 2. The van der Waals surface area contributed by atoms with Gasteiger partial charge in [0.25, 0.3) is 0 Å². The first-order valence-electron chi connectivity index (χ1n) is 11.7. The van der Waals surface area contributed by atoms with Crippen LogP contribution in [0.3, 0.4) is 0 Å². The molecule has 14 heteroatoms. The predicted molar refractivity (Wildman–Crippen MR) is 144 cm³/mol. The number of carboxylic acid groups (broad SMARTS) is 2. The fraction of sp³-hybridized carbons (Fsp3) is 0.407. The van der Waals surface area contributed by atoms with Gasteiger partial charge in [0.1, 0.15) is 11.5 Å². The topological polar surface area (TPSA) is 170 Å². The van der Waals surface area contributed by atoms with E-state index in [2.05, 4.69) is 9.98 Å². The zero-order chi connectivity index (χ0) is 29.8. The van der Waals surface area contributed by atoms with Gasteiger partial charge in [0.15, 0.2) is 0 Å². The molecule has 0 amide bonds.